The van der Waals surface area contributed by atoms with Crippen molar-refractivity contribution in [2.24, 2.45) is 0 Å². The zero-order valence-electron chi connectivity index (χ0n) is 12.3. The topological polar surface area (TPSA) is 55.1 Å². The zero-order valence-corrected chi connectivity index (χ0v) is 13.0. The zero-order chi connectivity index (χ0) is 16.1. The van der Waals surface area contributed by atoms with E-state index < -0.39 is 5.38 Å². The Morgan fingerprint density at radius 3 is 2.43 bits per heavy atom. The molecule has 0 aliphatic rings. The molecule has 0 fully saturated rings. The van der Waals surface area contributed by atoms with Crippen molar-refractivity contribution in [1.82, 2.24) is 10.5 Å². The van der Waals surface area contributed by atoms with Crippen LogP contribution < -0.4 is 5.32 Å². The van der Waals surface area contributed by atoms with Crippen LogP contribution in [-0.4, -0.2) is 11.1 Å². The summed E-state index contributed by atoms with van der Waals surface area (Å²) in [5.74, 6) is 0.310. The summed E-state index contributed by atoms with van der Waals surface area (Å²) in [6.45, 7) is 0.245. The number of amides is 1. The van der Waals surface area contributed by atoms with Gasteiger partial charge < -0.3 is 9.84 Å². The van der Waals surface area contributed by atoms with Gasteiger partial charge in [-0.25, -0.2) is 0 Å². The summed E-state index contributed by atoms with van der Waals surface area (Å²) in [7, 11) is 0. The van der Waals surface area contributed by atoms with Gasteiger partial charge in [0.15, 0.2) is 5.76 Å². The number of hydrogen-bond acceptors (Lipinski definition) is 3. The quantitative estimate of drug-likeness (QED) is 0.722. The van der Waals surface area contributed by atoms with Crippen molar-refractivity contribution >= 4 is 17.5 Å². The van der Waals surface area contributed by atoms with Gasteiger partial charge in [-0.2, -0.15) is 0 Å². The Hall–Kier alpha value is -2.59. The molecule has 3 rings (SSSR count). The van der Waals surface area contributed by atoms with Gasteiger partial charge in [0.1, 0.15) is 11.1 Å². The van der Waals surface area contributed by atoms with E-state index in [-0.39, 0.29) is 12.5 Å². The summed E-state index contributed by atoms with van der Waals surface area (Å²) in [6.07, 6.45) is 0. The maximum atomic E-state index is 12.1. The highest BCUT2D eigenvalue weighted by Gasteiger charge is 2.17. The monoisotopic (exact) mass is 326 g/mol. The first-order valence-electron chi connectivity index (χ1n) is 7.22. The molecule has 1 heterocycles. The van der Waals surface area contributed by atoms with Crippen LogP contribution in [0.15, 0.2) is 71.3 Å². The lowest BCUT2D eigenvalue weighted by molar-refractivity contribution is -0.121. The molecule has 1 N–H and O–H groups in total. The van der Waals surface area contributed by atoms with Crippen LogP contribution in [0.1, 0.15) is 16.7 Å². The van der Waals surface area contributed by atoms with Gasteiger partial charge in [-0.3, -0.25) is 4.79 Å². The number of aromatic nitrogens is 1. The van der Waals surface area contributed by atoms with E-state index in [9.17, 15) is 4.79 Å². The molecule has 0 radical (unpaired) electrons. The van der Waals surface area contributed by atoms with E-state index in [0.717, 1.165) is 16.8 Å². The van der Waals surface area contributed by atoms with Crippen molar-refractivity contribution < 1.29 is 9.32 Å². The fourth-order valence-corrected chi connectivity index (χ4v) is 2.40. The number of hydrogen-bond donors (Lipinski definition) is 1. The average Bonchev–Trinajstić information content (AvgIpc) is 3.09. The average molecular weight is 327 g/mol. The molecule has 0 saturated carbocycles. The minimum atomic E-state index is -0.729. The molecule has 0 bridgehead atoms. The van der Waals surface area contributed by atoms with Crippen LogP contribution in [0.25, 0.3) is 11.3 Å². The van der Waals surface area contributed by atoms with Gasteiger partial charge in [-0.1, -0.05) is 65.8 Å². The molecule has 0 spiro atoms. The van der Waals surface area contributed by atoms with Gasteiger partial charge in [0.2, 0.25) is 5.91 Å². The largest absolute Gasteiger partial charge is 0.359 e. The molecule has 2 aromatic carbocycles. The van der Waals surface area contributed by atoms with E-state index in [1.165, 1.54) is 0 Å². The maximum absolute atomic E-state index is 12.1. The fourth-order valence-electron chi connectivity index (χ4n) is 2.18. The predicted molar refractivity (Wildman–Crippen MR) is 88.8 cm³/mol. The Morgan fingerprint density at radius 2 is 1.74 bits per heavy atom. The summed E-state index contributed by atoms with van der Waals surface area (Å²) in [4.78, 5) is 12.1. The molecular weight excluding hydrogens is 312 g/mol. The van der Waals surface area contributed by atoms with Gasteiger partial charge in [0, 0.05) is 11.6 Å². The third-order valence-corrected chi connectivity index (χ3v) is 3.84. The van der Waals surface area contributed by atoms with Crippen molar-refractivity contribution in [3.8, 4) is 11.3 Å². The van der Waals surface area contributed by atoms with Gasteiger partial charge >= 0.3 is 0 Å². The normalized spacial score (nSPS) is 11.9. The molecule has 1 unspecified atom stereocenters. The first-order chi connectivity index (χ1) is 11.2. The Bertz CT molecular complexity index is 772. The van der Waals surface area contributed by atoms with E-state index in [4.69, 9.17) is 16.1 Å². The molecule has 116 valence electrons. The Labute approximate surface area is 139 Å². The van der Waals surface area contributed by atoms with Crippen LogP contribution in [-0.2, 0) is 11.3 Å². The Morgan fingerprint density at radius 1 is 1.09 bits per heavy atom. The van der Waals surface area contributed by atoms with Crippen LogP contribution in [0.2, 0.25) is 0 Å². The Balaban J connectivity index is 1.61. The predicted octanol–water partition coefficient (Wildman–Crippen LogP) is 3.94. The smallest absolute Gasteiger partial charge is 0.242 e. The highest BCUT2D eigenvalue weighted by molar-refractivity contribution is 6.30. The minimum absolute atomic E-state index is 0.245. The first kappa shape index (κ1) is 15.3. The number of nitrogens with zero attached hydrogens (tertiary/aromatic N) is 1. The number of benzene rings is 2. The van der Waals surface area contributed by atoms with Gasteiger partial charge in [-0.15, -0.1) is 11.6 Å². The fraction of sp³-hybridized carbons (Fsp3) is 0.111. The maximum Gasteiger partial charge on any atom is 0.242 e. The highest BCUT2D eigenvalue weighted by Crippen LogP contribution is 2.21. The number of carbonyl (C=O) groups excluding carboxylic acids is 1. The molecule has 0 aliphatic heterocycles. The highest BCUT2D eigenvalue weighted by atomic mass is 35.5. The van der Waals surface area contributed by atoms with Crippen molar-refractivity contribution in [3.05, 3.63) is 78.1 Å². The summed E-state index contributed by atoms with van der Waals surface area (Å²) in [5, 5.41) is 6.04. The number of alkyl halides is 1. The van der Waals surface area contributed by atoms with Crippen LogP contribution in [0.5, 0.6) is 0 Å². The van der Waals surface area contributed by atoms with Crippen LogP contribution in [0.4, 0.5) is 0 Å². The lowest BCUT2D eigenvalue weighted by atomic mass is 10.1. The first-order valence-corrected chi connectivity index (χ1v) is 7.65. The van der Waals surface area contributed by atoms with Gasteiger partial charge in [-0.05, 0) is 5.56 Å². The molecule has 5 heteroatoms. The summed E-state index contributed by atoms with van der Waals surface area (Å²) in [6, 6.07) is 20.7. The van der Waals surface area contributed by atoms with Crippen LogP contribution >= 0.6 is 11.6 Å². The number of rotatable bonds is 5. The van der Waals surface area contributed by atoms with Crippen LogP contribution in [0, 0.1) is 0 Å². The molecule has 1 amide bonds. The lowest BCUT2D eigenvalue weighted by Crippen LogP contribution is -2.26. The van der Waals surface area contributed by atoms with Crippen LogP contribution in [0.3, 0.4) is 0 Å². The molecule has 1 aromatic heterocycles. The summed E-state index contributed by atoms with van der Waals surface area (Å²) < 4.78 is 5.25. The SMILES string of the molecule is O=C(NCc1cc(-c2ccccc2)no1)C(Cl)c1ccccc1. The van der Waals surface area contributed by atoms with E-state index in [1.807, 2.05) is 60.7 Å². The second-order valence-corrected chi connectivity index (χ2v) is 5.47. The molecule has 3 aromatic rings. The minimum Gasteiger partial charge on any atom is -0.359 e. The second-order valence-electron chi connectivity index (χ2n) is 5.04. The van der Waals surface area contributed by atoms with E-state index >= 15 is 0 Å². The third kappa shape index (κ3) is 3.79. The second kappa shape index (κ2) is 7.11. The summed E-state index contributed by atoms with van der Waals surface area (Å²) in [5.41, 5.74) is 2.46. The van der Waals surface area contributed by atoms with Gasteiger partial charge in [0.05, 0.1) is 6.54 Å². The molecule has 1 atom stereocenters. The van der Waals surface area contributed by atoms with Crippen molar-refractivity contribution in [2.45, 2.75) is 11.9 Å². The Kier molecular flexibility index (Phi) is 4.74. The summed E-state index contributed by atoms with van der Waals surface area (Å²) >= 11 is 6.17. The number of halogens is 1. The van der Waals surface area contributed by atoms with Crippen molar-refractivity contribution in [3.63, 3.8) is 0 Å². The van der Waals surface area contributed by atoms with Gasteiger partial charge in [0.25, 0.3) is 0 Å². The molecule has 0 saturated heterocycles. The molecule has 4 nitrogen and oxygen atoms in total. The lowest BCUT2D eigenvalue weighted by Gasteiger charge is -2.09. The van der Waals surface area contributed by atoms with E-state index in [0.29, 0.717) is 5.76 Å². The van der Waals surface area contributed by atoms with E-state index in [1.54, 1.807) is 6.07 Å². The third-order valence-electron chi connectivity index (χ3n) is 3.39. The van der Waals surface area contributed by atoms with E-state index in [2.05, 4.69) is 10.5 Å². The molecule has 0 aliphatic carbocycles. The standard InChI is InChI=1S/C18H15ClN2O2/c19-17(14-9-5-2-6-10-14)18(22)20-12-15-11-16(21-23-15)13-7-3-1-4-8-13/h1-11,17H,12H2,(H,20,22). The van der Waals surface area contributed by atoms with Crippen molar-refractivity contribution in [2.75, 3.05) is 0 Å². The van der Waals surface area contributed by atoms with Crippen molar-refractivity contribution in [1.29, 1.82) is 0 Å². The number of nitrogens with one attached hydrogen (secondary N) is 1. The molecular formula is C18H15ClN2O2. The molecule has 23 heavy (non-hydrogen) atoms. The number of carbonyl (C=O) groups is 1.